The molecular weight excluding hydrogens is 266 g/mol. The van der Waals surface area contributed by atoms with E-state index in [-0.39, 0.29) is 6.10 Å². The Labute approximate surface area is 116 Å². The van der Waals surface area contributed by atoms with E-state index in [0.717, 1.165) is 0 Å². The maximum Gasteiger partial charge on any atom is 0.188 e. The van der Waals surface area contributed by atoms with Crippen molar-refractivity contribution in [3.8, 4) is 0 Å². The smallest absolute Gasteiger partial charge is 0.188 e. The minimum atomic E-state index is -0.740. The van der Waals surface area contributed by atoms with Crippen LogP contribution in [0.2, 0.25) is 0 Å². The molecule has 8 nitrogen and oxygen atoms in total. The highest BCUT2D eigenvalue weighted by Gasteiger charge is 2.57. The Hall–Kier alpha value is -0.890. The standard InChI is InChI=1S/C12H19N3O5/c1-11(2)16-5-6(18-11)8-7(14-15-13)9-10(17-8)20-12(3,4)19-9/h6-10H,5H2,1-4H3/t6-,7-,8+,9-,10-/m1/s1. The number of azide groups is 1. The van der Waals surface area contributed by atoms with Crippen LogP contribution in [0.5, 0.6) is 0 Å². The van der Waals surface area contributed by atoms with Gasteiger partial charge in [-0.3, -0.25) is 0 Å². The van der Waals surface area contributed by atoms with Gasteiger partial charge in [0.2, 0.25) is 0 Å². The predicted octanol–water partition coefficient (Wildman–Crippen LogP) is 1.69. The van der Waals surface area contributed by atoms with E-state index >= 15 is 0 Å². The van der Waals surface area contributed by atoms with E-state index in [1.54, 1.807) is 13.8 Å². The van der Waals surface area contributed by atoms with E-state index < -0.39 is 36.1 Å². The summed E-state index contributed by atoms with van der Waals surface area (Å²) in [7, 11) is 0. The van der Waals surface area contributed by atoms with Gasteiger partial charge in [-0.05, 0) is 33.2 Å². The van der Waals surface area contributed by atoms with Gasteiger partial charge in [0.25, 0.3) is 0 Å². The van der Waals surface area contributed by atoms with E-state index in [1.807, 2.05) is 13.8 Å². The quantitative estimate of drug-likeness (QED) is 0.437. The van der Waals surface area contributed by atoms with Gasteiger partial charge >= 0.3 is 0 Å². The molecule has 0 aliphatic carbocycles. The molecule has 3 saturated heterocycles. The summed E-state index contributed by atoms with van der Waals surface area (Å²) in [5.41, 5.74) is 8.77. The van der Waals surface area contributed by atoms with Gasteiger partial charge in [0.15, 0.2) is 17.9 Å². The summed E-state index contributed by atoms with van der Waals surface area (Å²) in [5.74, 6) is -1.40. The third-order valence-corrected chi connectivity index (χ3v) is 3.63. The van der Waals surface area contributed by atoms with Crippen LogP contribution in [0.4, 0.5) is 0 Å². The summed E-state index contributed by atoms with van der Waals surface area (Å²) in [6, 6.07) is -0.491. The van der Waals surface area contributed by atoms with Crippen molar-refractivity contribution in [3.05, 3.63) is 10.4 Å². The van der Waals surface area contributed by atoms with E-state index in [9.17, 15) is 0 Å². The van der Waals surface area contributed by atoms with Crippen molar-refractivity contribution < 1.29 is 23.7 Å². The van der Waals surface area contributed by atoms with Gasteiger partial charge in [-0.1, -0.05) is 5.11 Å². The molecule has 0 aromatic rings. The summed E-state index contributed by atoms with van der Waals surface area (Å²) in [5, 5.41) is 3.82. The lowest BCUT2D eigenvalue weighted by Crippen LogP contribution is -2.41. The molecule has 0 aromatic carbocycles. The van der Waals surface area contributed by atoms with E-state index in [4.69, 9.17) is 29.2 Å². The largest absolute Gasteiger partial charge is 0.348 e. The Bertz CT molecular complexity index is 448. The molecule has 3 heterocycles. The molecule has 3 aliphatic heterocycles. The van der Waals surface area contributed by atoms with Gasteiger partial charge < -0.3 is 23.7 Å². The topological polar surface area (TPSA) is 94.9 Å². The average Bonchev–Trinajstić information content (AvgIpc) is 2.91. The monoisotopic (exact) mass is 285 g/mol. The Kier molecular flexibility index (Phi) is 3.20. The molecule has 3 fully saturated rings. The highest BCUT2D eigenvalue weighted by Crippen LogP contribution is 2.41. The molecule has 3 aliphatic rings. The first-order chi connectivity index (χ1) is 9.31. The molecular formula is C12H19N3O5. The van der Waals surface area contributed by atoms with Crippen LogP contribution in [0.3, 0.4) is 0 Å². The molecule has 0 radical (unpaired) electrons. The fourth-order valence-corrected chi connectivity index (χ4v) is 2.89. The van der Waals surface area contributed by atoms with Crippen LogP contribution in [0.1, 0.15) is 27.7 Å². The van der Waals surface area contributed by atoms with Crippen molar-refractivity contribution in [1.82, 2.24) is 0 Å². The Morgan fingerprint density at radius 3 is 2.40 bits per heavy atom. The molecule has 0 unspecified atom stereocenters. The zero-order valence-electron chi connectivity index (χ0n) is 12.0. The fourth-order valence-electron chi connectivity index (χ4n) is 2.89. The number of fused-ring (bicyclic) bond motifs is 1. The van der Waals surface area contributed by atoms with Gasteiger partial charge in [0, 0.05) is 4.91 Å². The number of hydrogen-bond donors (Lipinski definition) is 0. The number of hydrogen-bond acceptors (Lipinski definition) is 6. The van der Waals surface area contributed by atoms with Crippen molar-refractivity contribution in [3.63, 3.8) is 0 Å². The lowest BCUT2D eigenvalue weighted by atomic mass is 10.0. The van der Waals surface area contributed by atoms with Crippen LogP contribution in [-0.4, -0.2) is 48.8 Å². The molecule has 8 heteroatoms. The van der Waals surface area contributed by atoms with Crippen LogP contribution in [0, 0.1) is 0 Å². The van der Waals surface area contributed by atoms with Crippen LogP contribution in [0.15, 0.2) is 5.11 Å². The minimum absolute atomic E-state index is 0.304. The number of ether oxygens (including phenoxy) is 5. The summed E-state index contributed by atoms with van der Waals surface area (Å²) in [4.78, 5) is 2.90. The van der Waals surface area contributed by atoms with Gasteiger partial charge in [-0.2, -0.15) is 0 Å². The lowest BCUT2D eigenvalue weighted by molar-refractivity contribution is -0.222. The van der Waals surface area contributed by atoms with Crippen LogP contribution >= 0.6 is 0 Å². The van der Waals surface area contributed by atoms with Crippen molar-refractivity contribution in [2.75, 3.05) is 6.61 Å². The molecule has 5 atom stereocenters. The molecule has 112 valence electrons. The van der Waals surface area contributed by atoms with E-state index in [0.29, 0.717) is 6.61 Å². The summed E-state index contributed by atoms with van der Waals surface area (Å²) >= 11 is 0. The lowest BCUT2D eigenvalue weighted by Gasteiger charge is -2.26. The first kappa shape index (κ1) is 14.1. The molecule has 0 spiro atoms. The van der Waals surface area contributed by atoms with Crippen LogP contribution in [0.25, 0.3) is 10.4 Å². The zero-order chi connectivity index (χ0) is 14.5. The zero-order valence-corrected chi connectivity index (χ0v) is 12.0. The third kappa shape index (κ3) is 2.39. The normalized spacial score (nSPS) is 45.1. The molecule has 0 N–H and O–H groups in total. The summed E-state index contributed by atoms with van der Waals surface area (Å²) < 4.78 is 28.6. The van der Waals surface area contributed by atoms with Crippen molar-refractivity contribution >= 4 is 0 Å². The van der Waals surface area contributed by atoms with Crippen molar-refractivity contribution in [2.24, 2.45) is 5.11 Å². The molecule has 0 saturated carbocycles. The second kappa shape index (κ2) is 4.56. The second-order valence-electron chi connectivity index (χ2n) is 6.13. The number of nitrogens with zero attached hydrogens (tertiary/aromatic N) is 3. The van der Waals surface area contributed by atoms with Gasteiger partial charge in [0.1, 0.15) is 18.3 Å². The Morgan fingerprint density at radius 1 is 1.05 bits per heavy atom. The SMILES string of the molecule is CC1(C)O[C@H]2O[C@@H]([C@H]3COC(C)(C)O3)[C@@H](N=[N+]=[N-])[C@H]2O1. The molecule has 3 rings (SSSR count). The van der Waals surface area contributed by atoms with Crippen molar-refractivity contribution in [2.45, 2.75) is 69.9 Å². The first-order valence-corrected chi connectivity index (χ1v) is 6.68. The molecule has 0 aromatic heterocycles. The predicted molar refractivity (Wildman–Crippen MR) is 66.5 cm³/mol. The van der Waals surface area contributed by atoms with Crippen LogP contribution in [-0.2, 0) is 23.7 Å². The highest BCUT2D eigenvalue weighted by molar-refractivity contribution is 5.01. The maximum absolute atomic E-state index is 8.77. The van der Waals surface area contributed by atoms with E-state index in [2.05, 4.69) is 10.0 Å². The molecule has 0 amide bonds. The summed E-state index contributed by atoms with van der Waals surface area (Å²) in [6.07, 6.45) is -1.70. The Balaban J connectivity index is 1.78. The number of rotatable bonds is 2. The van der Waals surface area contributed by atoms with Crippen molar-refractivity contribution in [1.29, 1.82) is 0 Å². The van der Waals surface area contributed by atoms with Gasteiger partial charge in [-0.15, -0.1) is 0 Å². The van der Waals surface area contributed by atoms with Crippen LogP contribution < -0.4 is 0 Å². The molecule has 20 heavy (non-hydrogen) atoms. The highest BCUT2D eigenvalue weighted by atomic mass is 16.8. The molecule has 0 bridgehead atoms. The van der Waals surface area contributed by atoms with Gasteiger partial charge in [-0.25, -0.2) is 0 Å². The first-order valence-electron chi connectivity index (χ1n) is 6.68. The third-order valence-electron chi connectivity index (χ3n) is 3.63. The fraction of sp³-hybridized carbons (Fsp3) is 1.00. The summed E-state index contributed by atoms with van der Waals surface area (Å²) in [6.45, 7) is 7.66. The van der Waals surface area contributed by atoms with Gasteiger partial charge in [0.05, 0.1) is 12.6 Å². The average molecular weight is 285 g/mol. The van der Waals surface area contributed by atoms with E-state index in [1.165, 1.54) is 0 Å². The second-order valence-corrected chi connectivity index (χ2v) is 6.13. The maximum atomic E-state index is 8.77. The Morgan fingerprint density at radius 2 is 1.80 bits per heavy atom. The minimum Gasteiger partial charge on any atom is -0.348 e.